The van der Waals surface area contributed by atoms with Gasteiger partial charge >= 0.3 is 0 Å². The average molecular weight is 158 g/mol. The molecule has 1 aromatic carbocycles. The molecule has 12 heavy (non-hydrogen) atoms. The molecule has 0 spiro atoms. The van der Waals surface area contributed by atoms with Crippen molar-refractivity contribution >= 4 is 11.6 Å². The van der Waals surface area contributed by atoms with Crippen LogP contribution >= 0.6 is 0 Å². The largest absolute Gasteiger partial charge is 0.0763 e. The lowest BCUT2D eigenvalue weighted by Gasteiger charge is -2.06. The smallest absolute Gasteiger partial charge is 0.0195 e. The van der Waals surface area contributed by atoms with Crippen LogP contribution in [0.1, 0.15) is 25.3 Å². The van der Waals surface area contributed by atoms with Gasteiger partial charge < -0.3 is 0 Å². The normalized spacial score (nSPS) is 15.3. The first kappa shape index (κ1) is 7.60. The predicted octanol–water partition coefficient (Wildman–Crippen LogP) is 1.74. The van der Waals surface area contributed by atoms with E-state index < -0.39 is 0 Å². The molecule has 2 rings (SSSR count). The molecule has 0 aromatic heterocycles. The molecule has 1 aliphatic carbocycles. The number of hydrogen-bond donors (Lipinski definition) is 0. The Morgan fingerprint density at radius 2 is 2.00 bits per heavy atom. The number of benzene rings is 1. The Balaban J connectivity index is 2.87. The zero-order chi connectivity index (χ0) is 8.55. The predicted molar refractivity (Wildman–Crippen MR) is 53.2 cm³/mol. The van der Waals surface area contributed by atoms with Crippen molar-refractivity contribution in [1.29, 1.82) is 0 Å². The molecule has 0 fully saturated rings. The van der Waals surface area contributed by atoms with Crippen LogP contribution in [0.25, 0.3) is 11.6 Å². The van der Waals surface area contributed by atoms with Crippen molar-refractivity contribution in [2.24, 2.45) is 0 Å². The summed E-state index contributed by atoms with van der Waals surface area (Å²) in [5, 5.41) is 2.88. The highest BCUT2D eigenvalue weighted by Gasteiger charge is 1.98. The van der Waals surface area contributed by atoms with Crippen LogP contribution in [0.3, 0.4) is 0 Å². The van der Waals surface area contributed by atoms with Gasteiger partial charge in [-0.3, -0.25) is 0 Å². The second-order valence-electron chi connectivity index (χ2n) is 3.61. The highest BCUT2D eigenvalue weighted by molar-refractivity contribution is 5.49. The molecule has 0 atom stereocenters. The molecule has 0 aliphatic heterocycles. The second-order valence-corrected chi connectivity index (χ2v) is 3.61. The van der Waals surface area contributed by atoms with Crippen LogP contribution in [0.5, 0.6) is 0 Å². The summed E-state index contributed by atoms with van der Waals surface area (Å²) < 4.78 is 0. The first-order chi connectivity index (χ1) is 5.77. The summed E-state index contributed by atoms with van der Waals surface area (Å²) >= 11 is 0. The highest BCUT2D eigenvalue weighted by atomic mass is 14.0. The summed E-state index contributed by atoms with van der Waals surface area (Å²) in [6.07, 6.45) is 4.78. The fourth-order valence-electron chi connectivity index (χ4n) is 1.80. The van der Waals surface area contributed by atoms with Gasteiger partial charge in [-0.05, 0) is 37.1 Å². The Morgan fingerprint density at radius 3 is 2.83 bits per heavy atom. The zero-order valence-corrected chi connectivity index (χ0v) is 7.72. The lowest BCUT2D eigenvalue weighted by atomic mass is 10.00. The van der Waals surface area contributed by atoms with Gasteiger partial charge in [0.05, 0.1) is 0 Å². The Morgan fingerprint density at radius 1 is 1.17 bits per heavy atom. The molecule has 0 unspecified atom stereocenters. The quantitative estimate of drug-likeness (QED) is 0.539. The van der Waals surface area contributed by atoms with Crippen molar-refractivity contribution in [3.63, 3.8) is 0 Å². The van der Waals surface area contributed by atoms with Crippen LogP contribution in [0.2, 0.25) is 0 Å². The Kier molecular flexibility index (Phi) is 1.76. The Bertz CT molecular complexity index is 410. The van der Waals surface area contributed by atoms with E-state index in [0.29, 0.717) is 0 Å². The molecule has 0 saturated heterocycles. The summed E-state index contributed by atoms with van der Waals surface area (Å²) in [6, 6.07) is 6.71. The minimum absolute atomic E-state index is 1.21. The minimum Gasteiger partial charge on any atom is -0.0763 e. The maximum Gasteiger partial charge on any atom is -0.0195 e. The number of rotatable bonds is 0. The number of aryl methyl sites for hydroxylation is 1. The van der Waals surface area contributed by atoms with E-state index in [1.165, 1.54) is 34.4 Å². The number of fused-ring (bicyclic) bond motifs is 1. The molecular weight excluding hydrogens is 144 g/mol. The third-order valence-corrected chi connectivity index (χ3v) is 2.55. The SMILES string of the molecule is CC1=c2cc(C)ccc2=CCC1. The Labute approximate surface area is 73.2 Å². The minimum atomic E-state index is 1.21. The average Bonchev–Trinajstić information content (AvgIpc) is 2.07. The molecule has 1 aromatic rings. The van der Waals surface area contributed by atoms with Crippen LogP contribution in [0.4, 0.5) is 0 Å². The highest BCUT2D eigenvalue weighted by Crippen LogP contribution is 2.06. The third kappa shape index (κ3) is 1.18. The van der Waals surface area contributed by atoms with Crippen molar-refractivity contribution in [2.75, 3.05) is 0 Å². The van der Waals surface area contributed by atoms with E-state index in [1.807, 2.05) is 0 Å². The van der Waals surface area contributed by atoms with Crippen LogP contribution < -0.4 is 10.4 Å². The van der Waals surface area contributed by atoms with Crippen molar-refractivity contribution in [2.45, 2.75) is 26.7 Å². The maximum absolute atomic E-state index is 2.34. The van der Waals surface area contributed by atoms with E-state index >= 15 is 0 Å². The van der Waals surface area contributed by atoms with E-state index in [9.17, 15) is 0 Å². The van der Waals surface area contributed by atoms with Gasteiger partial charge in [-0.1, -0.05) is 35.4 Å². The molecule has 0 nitrogen and oxygen atoms in total. The van der Waals surface area contributed by atoms with Crippen molar-refractivity contribution in [3.05, 3.63) is 34.2 Å². The summed E-state index contributed by atoms with van der Waals surface area (Å²) in [5.74, 6) is 0. The van der Waals surface area contributed by atoms with E-state index in [1.54, 1.807) is 0 Å². The molecule has 1 aliphatic rings. The van der Waals surface area contributed by atoms with Gasteiger partial charge in [-0.15, -0.1) is 0 Å². The fourth-order valence-corrected chi connectivity index (χ4v) is 1.80. The second kappa shape index (κ2) is 2.78. The molecule has 0 heterocycles. The van der Waals surface area contributed by atoms with Gasteiger partial charge in [0.25, 0.3) is 0 Å². The summed E-state index contributed by atoms with van der Waals surface area (Å²) in [4.78, 5) is 0. The topological polar surface area (TPSA) is 0 Å². The first-order valence-electron chi connectivity index (χ1n) is 4.54. The van der Waals surface area contributed by atoms with Crippen molar-refractivity contribution < 1.29 is 0 Å². The first-order valence-corrected chi connectivity index (χ1v) is 4.54. The standard InChI is InChI=1S/C12H14/c1-9-6-7-11-5-3-4-10(2)12(11)8-9/h5-8H,3-4H2,1-2H3. The van der Waals surface area contributed by atoms with Gasteiger partial charge in [0.1, 0.15) is 0 Å². The molecule has 0 N–H and O–H groups in total. The van der Waals surface area contributed by atoms with Gasteiger partial charge in [-0.2, -0.15) is 0 Å². The zero-order valence-electron chi connectivity index (χ0n) is 7.72. The van der Waals surface area contributed by atoms with Crippen molar-refractivity contribution in [1.82, 2.24) is 0 Å². The molecule has 0 saturated carbocycles. The van der Waals surface area contributed by atoms with Crippen LogP contribution in [0.15, 0.2) is 18.2 Å². The van der Waals surface area contributed by atoms with E-state index in [4.69, 9.17) is 0 Å². The summed E-state index contributed by atoms with van der Waals surface area (Å²) in [7, 11) is 0. The molecule has 0 heteroatoms. The monoisotopic (exact) mass is 158 g/mol. The van der Waals surface area contributed by atoms with E-state index in [0.717, 1.165) is 0 Å². The molecule has 62 valence electrons. The van der Waals surface area contributed by atoms with Gasteiger partial charge in [0.15, 0.2) is 0 Å². The lowest BCUT2D eigenvalue weighted by Crippen LogP contribution is -2.28. The van der Waals surface area contributed by atoms with Crippen LogP contribution in [0, 0.1) is 6.92 Å². The van der Waals surface area contributed by atoms with Crippen LogP contribution in [-0.2, 0) is 0 Å². The van der Waals surface area contributed by atoms with Crippen molar-refractivity contribution in [3.8, 4) is 0 Å². The molecule has 0 amide bonds. The molecular formula is C12H14. The van der Waals surface area contributed by atoms with Gasteiger partial charge in [0, 0.05) is 0 Å². The van der Waals surface area contributed by atoms with Crippen LogP contribution in [-0.4, -0.2) is 0 Å². The summed E-state index contributed by atoms with van der Waals surface area (Å²) in [5.41, 5.74) is 2.90. The van der Waals surface area contributed by atoms with Gasteiger partial charge in [-0.25, -0.2) is 0 Å². The third-order valence-electron chi connectivity index (χ3n) is 2.55. The maximum atomic E-state index is 2.34. The van der Waals surface area contributed by atoms with E-state index in [-0.39, 0.29) is 0 Å². The Hall–Kier alpha value is -1.04. The summed E-state index contributed by atoms with van der Waals surface area (Å²) in [6.45, 7) is 4.40. The molecule has 0 bridgehead atoms. The lowest BCUT2D eigenvalue weighted by molar-refractivity contribution is 1.06. The van der Waals surface area contributed by atoms with E-state index in [2.05, 4.69) is 38.1 Å². The van der Waals surface area contributed by atoms with Gasteiger partial charge in [0.2, 0.25) is 0 Å². The number of hydrogen-bond acceptors (Lipinski definition) is 0. The fraction of sp³-hybridized carbons (Fsp3) is 0.333. The molecule has 0 radical (unpaired) electrons.